The van der Waals surface area contributed by atoms with E-state index in [9.17, 15) is 23.1 Å². The number of rotatable bonds is 1. The van der Waals surface area contributed by atoms with E-state index >= 15 is 0 Å². The summed E-state index contributed by atoms with van der Waals surface area (Å²) >= 11 is 1.14. The van der Waals surface area contributed by atoms with Crippen molar-refractivity contribution < 1.29 is 23.0 Å². The normalized spacial score (nSPS) is 21.2. The summed E-state index contributed by atoms with van der Waals surface area (Å²) in [7, 11) is 0. The van der Waals surface area contributed by atoms with Crippen molar-refractivity contribution in [1.82, 2.24) is 15.2 Å². The van der Waals surface area contributed by atoms with Gasteiger partial charge in [0.25, 0.3) is 5.56 Å². The third-order valence-corrected chi connectivity index (χ3v) is 5.21. The molecule has 0 unspecified atom stereocenters. The van der Waals surface area contributed by atoms with E-state index < -0.39 is 29.6 Å². The Balaban J connectivity index is 2.01. The molecule has 1 aliphatic rings. The summed E-state index contributed by atoms with van der Waals surface area (Å²) in [6.07, 6.45) is -1.80. The molecule has 1 atom stereocenters. The lowest BCUT2D eigenvalue weighted by Crippen LogP contribution is -2.50. The fraction of sp³-hybridized carbons (Fsp3) is 0.286. The SMILES string of the molecule is O=c1[nH]c2c(c3cc(-c4cn[nH]c4)sc13)COC[C@]2(O)C(F)(F)F. The number of aliphatic hydroxyl groups is 1. The summed E-state index contributed by atoms with van der Waals surface area (Å²) in [6, 6.07) is 1.62. The van der Waals surface area contributed by atoms with E-state index in [1.54, 1.807) is 18.5 Å². The Kier molecular flexibility index (Phi) is 3.15. The number of aromatic nitrogens is 3. The van der Waals surface area contributed by atoms with E-state index in [0.29, 0.717) is 15.8 Å². The number of nitrogens with one attached hydrogen (secondary N) is 2. The van der Waals surface area contributed by atoms with Gasteiger partial charge in [-0.25, -0.2) is 0 Å². The van der Waals surface area contributed by atoms with Crippen LogP contribution < -0.4 is 5.56 Å². The van der Waals surface area contributed by atoms with Crippen LogP contribution in [0.3, 0.4) is 0 Å². The van der Waals surface area contributed by atoms with Gasteiger partial charge in [0.05, 0.1) is 25.1 Å². The van der Waals surface area contributed by atoms with Gasteiger partial charge in [-0.2, -0.15) is 18.3 Å². The Morgan fingerprint density at radius 2 is 2.21 bits per heavy atom. The van der Waals surface area contributed by atoms with Gasteiger partial charge in [-0.3, -0.25) is 9.89 Å². The highest BCUT2D eigenvalue weighted by molar-refractivity contribution is 7.22. The smallest absolute Gasteiger partial charge is 0.373 e. The predicted octanol–water partition coefficient (Wildman–Crippen LogP) is 2.26. The number of H-pyrrole nitrogens is 2. The Bertz CT molecular complexity index is 977. The van der Waals surface area contributed by atoms with Crippen LogP contribution in [0.5, 0.6) is 0 Å². The molecule has 0 radical (unpaired) electrons. The molecule has 1 aliphatic heterocycles. The van der Waals surface area contributed by atoms with Crippen LogP contribution in [-0.2, 0) is 16.9 Å². The minimum Gasteiger partial charge on any atom is -0.373 e. The van der Waals surface area contributed by atoms with Crippen LogP contribution in [0.4, 0.5) is 13.2 Å². The maximum absolute atomic E-state index is 13.3. The first-order valence-corrected chi connectivity index (χ1v) is 7.68. The lowest BCUT2D eigenvalue weighted by atomic mass is 9.91. The number of nitrogens with zero attached hydrogens (tertiary/aromatic N) is 1. The Hall–Kier alpha value is -2.17. The molecule has 3 aromatic heterocycles. The number of hydrogen-bond acceptors (Lipinski definition) is 5. The van der Waals surface area contributed by atoms with Crippen molar-refractivity contribution in [3.8, 4) is 10.4 Å². The van der Waals surface area contributed by atoms with Gasteiger partial charge in [0.15, 0.2) is 0 Å². The van der Waals surface area contributed by atoms with Gasteiger partial charge in [0.1, 0.15) is 4.70 Å². The minimum atomic E-state index is -4.97. The van der Waals surface area contributed by atoms with Crippen LogP contribution in [0.25, 0.3) is 20.5 Å². The van der Waals surface area contributed by atoms with Gasteiger partial charge in [0.2, 0.25) is 5.60 Å². The van der Waals surface area contributed by atoms with Crippen molar-refractivity contribution in [2.45, 2.75) is 18.4 Å². The minimum absolute atomic E-state index is 0.122. The number of thiophene rings is 1. The monoisotopic (exact) mass is 357 g/mol. The van der Waals surface area contributed by atoms with E-state index in [2.05, 4.69) is 15.2 Å². The van der Waals surface area contributed by atoms with Gasteiger partial charge in [0, 0.05) is 27.6 Å². The Morgan fingerprint density at radius 3 is 2.88 bits per heavy atom. The molecule has 4 rings (SSSR count). The molecule has 0 saturated heterocycles. The lowest BCUT2D eigenvalue weighted by Gasteiger charge is -2.35. The molecule has 10 heteroatoms. The summed E-state index contributed by atoms with van der Waals surface area (Å²) in [5.41, 5.74) is -3.59. The first kappa shape index (κ1) is 15.4. The zero-order valence-electron chi connectivity index (χ0n) is 11.9. The molecule has 0 saturated carbocycles. The molecule has 126 valence electrons. The second-order valence-electron chi connectivity index (χ2n) is 5.50. The number of fused-ring (bicyclic) bond motifs is 3. The Morgan fingerprint density at radius 1 is 1.42 bits per heavy atom. The maximum atomic E-state index is 13.3. The second-order valence-corrected chi connectivity index (χ2v) is 6.55. The summed E-state index contributed by atoms with van der Waals surface area (Å²) in [5.74, 6) is 0. The molecule has 0 aromatic carbocycles. The molecule has 0 bridgehead atoms. The van der Waals surface area contributed by atoms with E-state index in [1.165, 1.54) is 0 Å². The number of aromatic amines is 2. The highest BCUT2D eigenvalue weighted by atomic mass is 32.1. The van der Waals surface area contributed by atoms with Crippen LogP contribution >= 0.6 is 11.3 Å². The molecule has 4 heterocycles. The molecule has 0 amide bonds. The van der Waals surface area contributed by atoms with Gasteiger partial charge in [-0.15, -0.1) is 11.3 Å². The largest absolute Gasteiger partial charge is 0.425 e. The van der Waals surface area contributed by atoms with Crippen LogP contribution in [0, 0.1) is 0 Å². The summed E-state index contributed by atoms with van der Waals surface area (Å²) in [4.78, 5) is 15.1. The molecule has 0 spiro atoms. The summed E-state index contributed by atoms with van der Waals surface area (Å²) < 4.78 is 45.2. The summed E-state index contributed by atoms with van der Waals surface area (Å²) in [6.45, 7) is -1.08. The van der Waals surface area contributed by atoms with Gasteiger partial charge in [-0.05, 0) is 6.07 Å². The topological polar surface area (TPSA) is 91.0 Å². The fourth-order valence-corrected chi connectivity index (χ4v) is 3.85. The molecule has 3 aromatic rings. The van der Waals surface area contributed by atoms with Crippen molar-refractivity contribution in [3.63, 3.8) is 0 Å². The van der Waals surface area contributed by atoms with Crippen molar-refractivity contribution >= 4 is 21.4 Å². The van der Waals surface area contributed by atoms with Crippen molar-refractivity contribution in [3.05, 3.63) is 40.1 Å². The molecule has 24 heavy (non-hydrogen) atoms. The number of alkyl halides is 3. The van der Waals surface area contributed by atoms with E-state index in [1.807, 2.05) is 0 Å². The van der Waals surface area contributed by atoms with Crippen molar-refractivity contribution in [2.75, 3.05) is 6.61 Å². The predicted molar refractivity (Wildman–Crippen MR) is 79.6 cm³/mol. The fourth-order valence-electron chi connectivity index (χ4n) is 2.79. The van der Waals surface area contributed by atoms with Crippen LogP contribution in [0.1, 0.15) is 11.3 Å². The molecule has 0 fully saturated rings. The second kappa shape index (κ2) is 4.91. The zero-order valence-corrected chi connectivity index (χ0v) is 12.7. The number of halogens is 3. The van der Waals surface area contributed by atoms with Crippen LogP contribution in [0.15, 0.2) is 23.3 Å². The zero-order chi connectivity index (χ0) is 17.1. The van der Waals surface area contributed by atoms with Crippen LogP contribution in [-0.4, -0.2) is 33.1 Å². The lowest BCUT2D eigenvalue weighted by molar-refractivity contribution is -0.289. The molecule has 3 N–H and O–H groups in total. The van der Waals surface area contributed by atoms with Gasteiger partial charge >= 0.3 is 6.18 Å². The van der Waals surface area contributed by atoms with E-state index in [4.69, 9.17) is 4.74 Å². The quantitative estimate of drug-likeness (QED) is 0.623. The first-order chi connectivity index (χ1) is 11.3. The van der Waals surface area contributed by atoms with Crippen molar-refractivity contribution in [2.24, 2.45) is 0 Å². The van der Waals surface area contributed by atoms with Gasteiger partial charge in [-0.1, -0.05) is 0 Å². The van der Waals surface area contributed by atoms with Crippen molar-refractivity contribution in [1.29, 1.82) is 0 Å². The maximum Gasteiger partial charge on any atom is 0.425 e. The molecule has 0 aliphatic carbocycles. The highest BCUT2D eigenvalue weighted by Crippen LogP contribution is 2.44. The van der Waals surface area contributed by atoms with Gasteiger partial charge < -0.3 is 14.8 Å². The highest BCUT2D eigenvalue weighted by Gasteiger charge is 2.58. The molecular formula is C14H10F3N3O3S. The number of hydrogen-bond donors (Lipinski definition) is 3. The molecule has 6 nitrogen and oxygen atoms in total. The number of pyridine rings is 1. The standard InChI is InChI=1S/C14H10F3N3O3S/c15-14(16,17)13(22)5-23-4-8-7-1-9(6-2-18-19-3-6)24-10(7)12(21)20-11(8)13/h1-3,22H,4-5H2,(H,18,19)(H,20,21)/t13-/m1/s1. The summed E-state index contributed by atoms with van der Waals surface area (Å²) in [5, 5.41) is 16.9. The third-order valence-electron chi connectivity index (χ3n) is 4.03. The average molecular weight is 357 g/mol. The van der Waals surface area contributed by atoms with E-state index in [-0.39, 0.29) is 16.9 Å². The average Bonchev–Trinajstić information content (AvgIpc) is 3.16. The number of ether oxygens (including phenoxy) is 1. The first-order valence-electron chi connectivity index (χ1n) is 6.86. The molecular weight excluding hydrogens is 347 g/mol. The Labute approximate surface area is 135 Å². The van der Waals surface area contributed by atoms with Crippen LogP contribution in [0.2, 0.25) is 0 Å². The third kappa shape index (κ3) is 2.03. The van der Waals surface area contributed by atoms with E-state index in [0.717, 1.165) is 11.3 Å².